The van der Waals surface area contributed by atoms with Gasteiger partial charge < -0.3 is 4.74 Å². The molecule has 1 aromatic heterocycles. The van der Waals surface area contributed by atoms with Crippen molar-refractivity contribution in [2.75, 3.05) is 6.61 Å². The third kappa shape index (κ3) is 3.28. The van der Waals surface area contributed by atoms with Crippen LogP contribution in [0.25, 0.3) is 22.3 Å². The van der Waals surface area contributed by atoms with Crippen molar-refractivity contribution in [1.82, 2.24) is 0 Å². The molecule has 24 heavy (non-hydrogen) atoms. The molecule has 0 aliphatic carbocycles. The molecule has 1 heterocycles. The highest BCUT2D eigenvalue weighted by atomic mass is 16.5. The summed E-state index contributed by atoms with van der Waals surface area (Å²) >= 11 is 0. The van der Waals surface area contributed by atoms with Gasteiger partial charge >= 0.3 is 11.3 Å². The van der Waals surface area contributed by atoms with Gasteiger partial charge in [0.25, 0.3) is 0 Å². The Morgan fingerprint density at radius 3 is 2.29 bits per heavy atom. The van der Waals surface area contributed by atoms with Crippen LogP contribution < -0.4 is 4.74 Å². The predicted octanol–water partition coefficient (Wildman–Crippen LogP) is 6.39. The van der Waals surface area contributed by atoms with Crippen LogP contribution in [0, 0.1) is 6.92 Å². The molecule has 0 saturated carbocycles. The van der Waals surface area contributed by atoms with Crippen LogP contribution in [0.15, 0.2) is 52.9 Å². The fraction of sp³-hybridized carbons (Fsp3) is 0.318. The Morgan fingerprint density at radius 2 is 1.67 bits per heavy atom. The lowest BCUT2D eigenvalue weighted by molar-refractivity contribution is 0.342. The van der Waals surface area contributed by atoms with Gasteiger partial charge in [0, 0.05) is 6.07 Å². The molecule has 0 amide bonds. The van der Waals surface area contributed by atoms with Crippen molar-refractivity contribution in [2.24, 2.45) is 0 Å². The van der Waals surface area contributed by atoms with E-state index in [1.54, 1.807) is 0 Å². The fourth-order valence-electron chi connectivity index (χ4n) is 2.81. The summed E-state index contributed by atoms with van der Waals surface area (Å²) in [5, 5.41) is 1.01. The SMILES string of the molecule is CCOc1cc(-c2ccc(C(C)(C)C)cc2)[o+]c2cc(C)ccc12. The van der Waals surface area contributed by atoms with Crippen LogP contribution in [-0.4, -0.2) is 6.61 Å². The molecule has 0 N–H and O–H groups in total. The van der Waals surface area contributed by atoms with Gasteiger partial charge in [0.1, 0.15) is 11.1 Å². The summed E-state index contributed by atoms with van der Waals surface area (Å²) in [4.78, 5) is 0. The number of hydrogen-bond donors (Lipinski definition) is 0. The van der Waals surface area contributed by atoms with E-state index in [1.165, 1.54) is 11.1 Å². The Hall–Kier alpha value is -2.35. The largest absolute Gasteiger partial charge is 0.493 e. The molecule has 0 saturated heterocycles. The van der Waals surface area contributed by atoms with E-state index in [1.807, 2.05) is 13.0 Å². The van der Waals surface area contributed by atoms with E-state index in [9.17, 15) is 0 Å². The lowest BCUT2D eigenvalue weighted by Gasteiger charge is -2.18. The van der Waals surface area contributed by atoms with E-state index >= 15 is 0 Å². The van der Waals surface area contributed by atoms with Crippen LogP contribution >= 0.6 is 0 Å². The molecule has 0 aliphatic rings. The number of benzene rings is 2. The third-order valence-electron chi connectivity index (χ3n) is 4.22. The lowest BCUT2D eigenvalue weighted by Crippen LogP contribution is -2.10. The molecule has 0 aliphatic heterocycles. The standard InChI is InChI=1S/C22H25O2/c1-6-23-20-14-19(24-21-13-15(2)7-12-18(20)21)16-8-10-17(11-9-16)22(3,4)5/h7-14H,6H2,1-5H3/q+1. The number of rotatable bonds is 3. The van der Waals surface area contributed by atoms with Gasteiger partial charge in [-0.3, -0.25) is 0 Å². The Bertz CT molecular complexity index is 856. The molecule has 2 nitrogen and oxygen atoms in total. The smallest absolute Gasteiger partial charge is 0.364 e. The van der Waals surface area contributed by atoms with Crippen molar-refractivity contribution in [1.29, 1.82) is 0 Å². The summed E-state index contributed by atoms with van der Waals surface area (Å²) in [6, 6.07) is 16.8. The van der Waals surface area contributed by atoms with Crippen molar-refractivity contribution in [2.45, 2.75) is 40.0 Å². The average Bonchev–Trinajstić information content (AvgIpc) is 2.54. The maximum atomic E-state index is 6.16. The van der Waals surface area contributed by atoms with E-state index in [0.29, 0.717) is 6.61 Å². The predicted molar refractivity (Wildman–Crippen MR) is 101 cm³/mol. The van der Waals surface area contributed by atoms with Crippen molar-refractivity contribution < 1.29 is 9.15 Å². The van der Waals surface area contributed by atoms with Crippen molar-refractivity contribution in [3.05, 3.63) is 59.7 Å². The zero-order chi connectivity index (χ0) is 17.3. The highest BCUT2D eigenvalue weighted by molar-refractivity contribution is 5.86. The van der Waals surface area contributed by atoms with Crippen molar-refractivity contribution in [3.63, 3.8) is 0 Å². The van der Waals surface area contributed by atoms with Gasteiger partial charge in [-0.1, -0.05) is 39.0 Å². The van der Waals surface area contributed by atoms with Crippen LogP contribution in [0.2, 0.25) is 0 Å². The molecule has 0 unspecified atom stereocenters. The van der Waals surface area contributed by atoms with Gasteiger partial charge in [0.15, 0.2) is 0 Å². The third-order valence-corrected chi connectivity index (χ3v) is 4.22. The molecule has 0 spiro atoms. The summed E-state index contributed by atoms with van der Waals surface area (Å²) in [5.41, 5.74) is 4.55. The molecule has 2 heteroatoms. The van der Waals surface area contributed by atoms with Gasteiger partial charge in [0.2, 0.25) is 0 Å². The van der Waals surface area contributed by atoms with Crippen LogP contribution in [0.4, 0.5) is 0 Å². The van der Waals surface area contributed by atoms with Gasteiger partial charge in [0.05, 0.1) is 18.2 Å². The second-order valence-electron chi connectivity index (χ2n) is 7.23. The normalized spacial score (nSPS) is 11.7. The first-order valence-electron chi connectivity index (χ1n) is 8.49. The molecule has 3 aromatic rings. The first-order chi connectivity index (χ1) is 11.4. The number of aryl methyl sites for hydroxylation is 1. The quantitative estimate of drug-likeness (QED) is 0.521. The Kier molecular flexibility index (Phi) is 4.31. The summed E-state index contributed by atoms with van der Waals surface area (Å²) < 4.78 is 12.0. The van der Waals surface area contributed by atoms with Gasteiger partial charge in [-0.2, -0.15) is 0 Å². The van der Waals surface area contributed by atoms with Crippen LogP contribution in [0.1, 0.15) is 38.8 Å². The van der Waals surface area contributed by atoms with E-state index < -0.39 is 0 Å². The highest BCUT2D eigenvalue weighted by Crippen LogP contribution is 2.34. The van der Waals surface area contributed by atoms with Crippen LogP contribution in [-0.2, 0) is 5.41 Å². The molecule has 0 atom stereocenters. The summed E-state index contributed by atoms with van der Waals surface area (Å²) in [5.74, 6) is 1.70. The summed E-state index contributed by atoms with van der Waals surface area (Å²) in [6.45, 7) is 11.4. The number of fused-ring (bicyclic) bond motifs is 1. The average molecular weight is 321 g/mol. The molecular formula is C22H25O2+. The second kappa shape index (κ2) is 6.27. The van der Waals surface area contributed by atoms with Crippen molar-refractivity contribution >= 4 is 11.0 Å². The summed E-state index contributed by atoms with van der Waals surface area (Å²) in [6.07, 6.45) is 0. The van der Waals surface area contributed by atoms with E-state index in [0.717, 1.165) is 28.0 Å². The van der Waals surface area contributed by atoms with E-state index in [4.69, 9.17) is 9.15 Å². The topological polar surface area (TPSA) is 20.5 Å². The highest BCUT2D eigenvalue weighted by Gasteiger charge is 2.21. The molecule has 0 bridgehead atoms. The zero-order valence-electron chi connectivity index (χ0n) is 15.1. The minimum atomic E-state index is 0.145. The Morgan fingerprint density at radius 1 is 0.958 bits per heavy atom. The Labute approximate surface area is 144 Å². The summed E-state index contributed by atoms with van der Waals surface area (Å²) in [7, 11) is 0. The first kappa shape index (κ1) is 16.5. The van der Waals surface area contributed by atoms with Gasteiger partial charge in [-0.15, -0.1) is 0 Å². The molecule has 3 rings (SSSR count). The molecule has 0 radical (unpaired) electrons. The maximum Gasteiger partial charge on any atom is 0.364 e. The zero-order valence-corrected chi connectivity index (χ0v) is 15.1. The minimum Gasteiger partial charge on any atom is -0.493 e. The van der Waals surface area contributed by atoms with E-state index in [2.05, 4.69) is 70.2 Å². The van der Waals surface area contributed by atoms with Crippen LogP contribution in [0.3, 0.4) is 0 Å². The first-order valence-corrected chi connectivity index (χ1v) is 8.49. The number of ether oxygens (including phenoxy) is 1. The molecular weight excluding hydrogens is 296 g/mol. The minimum absolute atomic E-state index is 0.145. The van der Waals surface area contributed by atoms with Gasteiger partial charge in [-0.05, 0) is 48.6 Å². The number of hydrogen-bond acceptors (Lipinski definition) is 1. The Balaban J connectivity index is 2.12. The monoisotopic (exact) mass is 321 g/mol. The van der Waals surface area contributed by atoms with Crippen LogP contribution in [0.5, 0.6) is 5.75 Å². The lowest BCUT2D eigenvalue weighted by atomic mass is 9.86. The van der Waals surface area contributed by atoms with Crippen molar-refractivity contribution in [3.8, 4) is 17.1 Å². The van der Waals surface area contributed by atoms with E-state index in [-0.39, 0.29) is 5.41 Å². The molecule has 124 valence electrons. The second-order valence-corrected chi connectivity index (χ2v) is 7.23. The molecule has 0 fully saturated rings. The fourth-order valence-corrected chi connectivity index (χ4v) is 2.81. The maximum absolute atomic E-state index is 6.16. The molecule has 2 aromatic carbocycles. The van der Waals surface area contributed by atoms with Gasteiger partial charge in [-0.25, -0.2) is 4.42 Å².